The van der Waals surface area contributed by atoms with Crippen LogP contribution in [0.25, 0.3) is 0 Å². The lowest BCUT2D eigenvalue weighted by Crippen LogP contribution is -2.53. The third-order valence-electron chi connectivity index (χ3n) is 7.36. The van der Waals surface area contributed by atoms with E-state index in [1.165, 1.54) is 41.3 Å². The maximum absolute atomic E-state index is 14.1. The maximum atomic E-state index is 14.1. The molecule has 4 rings (SSSR count). The molecule has 2 amide bonds. The van der Waals surface area contributed by atoms with Crippen LogP contribution in [0.1, 0.15) is 50.2 Å². The van der Waals surface area contributed by atoms with Gasteiger partial charge in [-0.05, 0) is 80.3 Å². The fraction of sp³-hybridized carbons (Fsp3) is 0.355. The van der Waals surface area contributed by atoms with Crippen molar-refractivity contribution in [3.05, 3.63) is 94.8 Å². The van der Waals surface area contributed by atoms with Gasteiger partial charge in [-0.25, -0.2) is 12.8 Å². The van der Waals surface area contributed by atoms with Crippen LogP contribution in [0.3, 0.4) is 0 Å². The van der Waals surface area contributed by atoms with Gasteiger partial charge in [-0.15, -0.1) is 0 Å². The highest BCUT2D eigenvalue weighted by Crippen LogP contribution is 2.27. The number of hydrogen-bond acceptors (Lipinski definition) is 4. The molecule has 1 fully saturated rings. The predicted molar refractivity (Wildman–Crippen MR) is 159 cm³/mol. The van der Waals surface area contributed by atoms with Gasteiger partial charge >= 0.3 is 0 Å². The number of nitrogens with one attached hydrogen (secondary N) is 1. The van der Waals surface area contributed by atoms with Crippen LogP contribution in [-0.4, -0.2) is 43.8 Å². The Kier molecular flexibility index (Phi) is 10.0. The molecular weight excluding hydrogens is 565 g/mol. The fourth-order valence-corrected chi connectivity index (χ4v) is 6.59. The Morgan fingerprint density at radius 3 is 2.17 bits per heavy atom. The molecule has 7 nitrogen and oxygen atoms in total. The molecule has 1 aliphatic rings. The molecule has 1 unspecified atom stereocenters. The van der Waals surface area contributed by atoms with Crippen molar-refractivity contribution in [2.45, 2.75) is 69.5 Å². The summed E-state index contributed by atoms with van der Waals surface area (Å²) in [6.45, 7) is 3.12. The molecule has 0 aliphatic heterocycles. The highest BCUT2D eigenvalue weighted by molar-refractivity contribution is 7.92. The molecule has 1 atom stereocenters. The Balaban J connectivity index is 1.70. The van der Waals surface area contributed by atoms with Gasteiger partial charge in [0.15, 0.2) is 0 Å². The van der Waals surface area contributed by atoms with Crippen molar-refractivity contribution in [3.63, 3.8) is 0 Å². The Morgan fingerprint density at radius 1 is 0.976 bits per heavy atom. The molecule has 0 spiro atoms. The molecule has 0 aromatic heterocycles. The largest absolute Gasteiger partial charge is 0.352 e. The number of hydrogen-bond donors (Lipinski definition) is 1. The zero-order valence-electron chi connectivity index (χ0n) is 23.2. The highest BCUT2D eigenvalue weighted by atomic mass is 35.5. The lowest BCUT2D eigenvalue weighted by molar-refractivity contribution is -0.140. The van der Waals surface area contributed by atoms with Crippen LogP contribution in [0.5, 0.6) is 0 Å². The van der Waals surface area contributed by atoms with Gasteiger partial charge in [0.1, 0.15) is 18.4 Å². The Bertz CT molecular complexity index is 1440. The number of amides is 2. The second kappa shape index (κ2) is 13.5. The van der Waals surface area contributed by atoms with Gasteiger partial charge in [0.25, 0.3) is 10.0 Å². The molecule has 1 aliphatic carbocycles. The summed E-state index contributed by atoms with van der Waals surface area (Å²) in [5.74, 6) is -1.27. The van der Waals surface area contributed by atoms with Crippen LogP contribution in [0.2, 0.25) is 5.02 Å². The SMILES string of the molecule is CCC(C(=O)NC1CCCC1)N(Cc1ccc(F)cc1)C(=O)CN(c1ccc(Cl)cc1)S(=O)(=O)c1ccc(C)cc1. The average molecular weight is 600 g/mol. The van der Waals surface area contributed by atoms with Gasteiger partial charge in [-0.1, -0.05) is 61.2 Å². The zero-order chi connectivity index (χ0) is 29.6. The standard InChI is InChI=1S/C31H35ClFN3O4S/c1-3-29(31(38)34-26-6-4-5-7-26)35(20-23-10-14-25(33)15-11-23)30(37)21-36(27-16-12-24(32)13-17-27)41(39,40)28-18-8-22(2)9-19-28/h8-19,26,29H,3-7,20-21H2,1-2H3,(H,34,38). The van der Waals surface area contributed by atoms with Crippen LogP contribution < -0.4 is 9.62 Å². The zero-order valence-corrected chi connectivity index (χ0v) is 24.8. The molecule has 1 saturated carbocycles. The third-order valence-corrected chi connectivity index (χ3v) is 9.40. The van der Waals surface area contributed by atoms with E-state index in [4.69, 9.17) is 11.6 Å². The Hall–Kier alpha value is -3.43. The first-order valence-electron chi connectivity index (χ1n) is 13.8. The molecule has 3 aromatic carbocycles. The summed E-state index contributed by atoms with van der Waals surface area (Å²) in [4.78, 5) is 29.0. The normalized spacial score (nSPS) is 14.4. The second-order valence-electron chi connectivity index (χ2n) is 10.4. The van der Waals surface area contributed by atoms with E-state index in [0.717, 1.165) is 35.6 Å². The van der Waals surface area contributed by atoms with Crippen LogP contribution in [0.15, 0.2) is 77.7 Å². The number of rotatable bonds is 11. The van der Waals surface area contributed by atoms with Crippen molar-refractivity contribution in [2.75, 3.05) is 10.8 Å². The van der Waals surface area contributed by atoms with Crippen LogP contribution in [-0.2, 0) is 26.2 Å². The first-order chi connectivity index (χ1) is 19.6. The molecule has 41 heavy (non-hydrogen) atoms. The average Bonchev–Trinajstić information content (AvgIpc) is 3.46. The summed E-state index contributed by atoms with van der Waals surface area (Å²) in [5.41, 5.74) is 1.77. The lowest BCUT2D eigenvalue weighted by atomic mass is 10.1. The van der Waals surface area contributed by atoms with Crippen molar-refractivity contribution in [1.29, 1.82) is 0 Å². The number of anilines is 1. The molecule has 0 heterocycles. The summed E-state index contributed by atoms with van der Waals surface area (Å²) >= 11 is 6.07. The summed E-state index contributed by atoms with van der Waals surface area (Å²) in [6, 6.07) is 17.5. The number of benzene rings is 3. The smallest absolute Gasteiger partial charge is 0.264 e. The Labute approximate surface area is 246 Å². The summed E-state index contributed by atoms with van der Waals surface area (Å²) in [7, 11) is -4.17. The molecule has 0 bridgehead atoms. The molecule has 10 heteroatoms. The van der Waals surface area contributed by atoms with Crippen LogP contribution >= 0.6 is 11.6 Å². The highest BCUT2D eigenvalue weighted by Gasteiger charge is 2.34. The predicted octanol–water partition coefficient (Wildman–Crippen LogP) is 5.85. The van der Waals surface area contributed by atoms with Crippen molar-refractivity contribution >= 4 is 39.1 Å². The van der Waals surface area contributed by atoms with E-state index in [9.17, 15) is 22.4 Å². The number of aryl methyl sites for hydroxylation is 1. The third kappa shape index (κ3) is 7.65. The summed E-state index contributed by atoms with van der Waals surface area (Å²) in [5, 5.41) is 3.49. The van der Waals surface area contributed by atoms with Gasteiger partial charge in [0.2, 0.25) is 11.8 Å². The number of sulfonamides is 1. The van der Waals surface area contributed by atoms with E-state index in [1.54, 1.807) is 36.4 Å². The van der Waals surface area contributed by atoms with E-state index in [0.29, 0.717) is 17.0 Å². The van der Waals surface area contributed by atoms with E-state index >= 15 is 0 Å². The number of halogens is 2. The van der Waals surface area contributed by atoms with Gasteiger partial charge < -0.3 is 10.2 Å². The minimum absolute atomic E-state index is 0.00867. The summed E-state index contributed by atoms with van der Waals surface area (Å²) < 4.78 is 42.5. The molecule has 0 saturated heterocycles. The minimum Gasteiger partial charge on any atom is -0.352 e. The first kappa shape index (κ1) is 30.5. The lowest BCUT2D eigenvalue weighted by Gasteiger charge is -2.33. The first-order valence-corrected chi connectivity index (χ1v) is 15.6. The van der Waals surface area contributed by atoms with Gasteiger partial charge in [0.05, 0.1) is 10.6 Å². The second-order valence-corrected chi connectivity index (χ2v) is 12.7. The Morgan fingerprint density at radius 2 is 1.59 bits per heavy atom. The van der Waals surface area contributed by atoms with E-state index in [-0.39, 0.29) is 29.1 Å². The van der Waals surface area contributed by atoms with Crippen molar-refractivity contribution < 1.29 is 22.4 Å². The monoisotopic (exact) mass is 599 g/mol. The van der Waals surface area contributed by atoms with Crippen molar-refractivity contribution in [3.8, 4) is 0 Å². The maximum Gasteiger partial charge on any atom is 0.264 e. The molecular formula is C31H35ClFN3O4S. The van der Waals surface area contributed by atoms with E-state index < -0.39 is 34.3 Å². The molecule has 3 aromatic rings. The topological polar surface area (TPSA) is 86.8 Å². The van der Waals surface area contributed by atoms with Gasteiger partial charge in [-0.3, -0.25) is 13.9 Å². The number of carbonyl (C=O) groups is 2. The minimum atomic E-state index is -4.17. The van der Waals surface area contributed by atoms with Crippen LogP contribution in [0.4, 0.5) is 10.1 Å². The van der Waals surface area contributed by atoms with Crippen LogP contribution in [0, 0.1) is 12.7 Å². The van der Waals surface area contributed by atoms with Crippen molar-refractivity contribution in [1.82, 2.24) is 10.2 Å². The molecule has 0 radical (unpaired) electrons. The number of nitrogens with zero attached hydrogens (tertiary/aromatic N) is 2. The van der Waals surface area contributed by atoms with Crippen molar-refractivity contribution in [2.24, 2.45) is 0 Å². The van der Waals surface area contributed by atoms with E-state index in [1.807, 2.05) is 13.8 Å². The quantitative estimate of drug-likeness (QED) is 0.300. The molecule has 1 N–H and O–H groups in total. The van der Waals surface area contributed by atoms with Gasteiger partial charge in [0, 0.05) is 17.6 Å². The molecule has 218 valence electrons. The van der Waals surface area contributed by atoms with Gasteiger partial charge in [-0.2, -0.15) is 0 Å². The number of carbonyl (C=O) groups excluding carboxylic acids is 2. The fourth-order valence-electron chi connectivity index (χ4n) is 5.05. The van der Waals surface area contributed by atoms with E-state index in [2.05, 4.69) is 5.32 Å². The summed E-state index contributed by atoms with van der Waals surface area (Å²) in [6.07, 6.45) is 4.15.